The smallest absolute Gasteiger partial charge is 0.0930 e. The first kappa shape index (κ1) is 7.72. The van der Waals surface area contributed by atoms with Crippen molar-refractivity contribution in [3.8, 4) is 0 Å². The molecule has 1 rings (SSSR count). The van der Waals surface area contributed by atoms with Crippen LogP contribution in [0.5, 0.6) is 0 Å². The van der Waals surface area contributed by atoms with Crippen LogP contribution in [-0.4, -0.2) is 0 Å². The van der Waals surface area contributed by atoms with Gasteiger partial charge in [-0.15, -0.1) is 0 Å². The van der Waals surface area contributed by atoms with Gasteiger partial charge < -0.3 is 0 Å². The Labute approximate surface area is 68.1 Å². The number of rotatable bonds is 2. The first-order valence-electron chi connectivity index (χ1n) is 2.89. The molecule has 0 bridgehead atoms. The van der Waals surface area contributed by atoms with E-state index in [9.17, 15) is 0 Å². The minimum Gasteiger partial charge on any atom is -0.300 e. The number of nitrogens with two attached hydrogens (primary N) is 1. The molecule has 10 heavy (non-hydrogen) atoms. The molecule has 2 N–H and O–H groups in total. The first-order valence-corrected chi connectivity index (χ1v) is 3.68. The van der Waals surface area contributed by atoms with E-state index in [0.717, 1.165) is 10.0 Å². The highest BCUT2D eigenvalue weighted by Crippen LogP contribution is 2.11. The van der Waals surface area contributed by atoms with Crippen LogP contribution in [0.2, 0.25) is 0 Å². The second kappa shape index (κ2) is 3.71. The van der Waals surface area contributed by atoms with Crippen molar-refractivity contribution < 1.29 is 4.84 Å². The Balaban J connectivity index is 2.75. The van der Waals surface area contributed by atoms with Crippen molar-refractivity contribution in [3.05, 3.63) is 34.3 Å². The highest BCUT2D eigenvalue weighted by molar-refractivity contribution is 9.10. The van der Waals surface area contributed by atoms with E-state index in [0.29, 0.717) is 6.61 Å². The molecule has 1 aromatic rings. The molecule has 0 aromatic heterocycles. The zero-order valence-electron chi connectivity index (χ0n) is 5.38. The minimum absolute atomic E-state index is 0.458. The van der Waals surface area contributed by atoms with Crippen molar-refractivity contribution in [2.24, 2.45) is 5.90 Å². The van der Waals surface area contributed by atoms with Gasteiger partial charge in [-0.1, -0.05) is 28.1 Å². The molecule has 3 heteroatoms. The van der Waals surface area contributed by atoms with Crippen LogP contribution in [0.1, 0.15) is 5.56 Å². The van der Waals surface area contributed by atoms with Gasteiger partial charge in [-0.3, -0.25) is 4.84 Å². The second-order valence-electron chi connectivity index (χ2n) is 1.94. The predicted molar refractivity (Wildman–Crippen MR) is 43.1 cm³/mol. The summed E-state index contributed by atoms with van der Waals surface area (Å²) in [6, 6.07) is 7.82. The fourth-order valence-electron chi connectivity index (χ4n) is 0.723. The SMILES string of the molecule is NOCc1cccc(Br)c1. The van der Waals surface area contributed by atoms with Crippen LogP contribution in [0, 0.1) is 0 Å². The molecule has 0 aliphatic rings. The van der Waals surface area contributed by atoms with Gasteiger partial charge in [0.1, 0.15) is 0 Å². The summed E-state index contributed by atoms with van der Waals surface area (Å²) >= 11 is 3.34. The third-order valence-electron chi connectivity index (χ3n) is 1.14. The molecular weight excluding hydrogens is 194 g/mol. The largest absolute Gasteiger partial charge is 0.300 e. The molecule has 0 aliphatic carbocycles. The minimum atomic E-state index is 0.458. The molecule has 0 heterocycles. The zero-order valence-corrected chi connectivity index (χ0v) is 6.97. The molecule has 0 aliphatic heterocycles. The molecule has 0 saturated carbocycles. The van der Waals surface area contributed by atoms with Crippen molar-refractivity contribution in [3.63, 3.8) is 0 Å². The second-order valence-corrected chi connectivity index (χ2v) is 2.86. The molecule has 0 atom stereocenters. The predicted octanol–water partition coefficient (Wildman–Crippen LogP) is 1.84. The van der Waals surface area contributed by atoms with Crippen molar-refractivity contribution >= 4 is 15.9 Å². The van der Waals surface area contributed by atoms with Crippen molar-refractivity contribution in [2.75, 3.05) is 0 Å². The Hall–Kier alpha value is -0.380. The van der Waals surface area contributed by atoms with Crippen LogP contribution in [-0.2, 0) is 11.4 Å². The lowest BCUT2D eigenvalue weighted by Gasteiger charge is -1.97. The first-order chi connectivity index (χ1) is 4.83. The molecule has 0 fully saturated rings. The summed E-state index contributed by atoms with van der Waals surface area (Å²) in [4.78, 5) is 4.46. The van der Waals surface area contributed by atoms with Crippen LogP contribution in [0.15, 0.2) is 28.7 Å². The van der Waals surface area contributed by atoms with Gasteiger partial charge in [-0.25, -0.2) is 5.90 Å². The number of hydrogen-bond acceptors (Lipinski definition) is 2. The van der Waals surface area contributed by atoms with Crippen LogP contribution in [0.25, 0.3) is 0 Å². The lowest BCUT2D eigenvalue weighted by Crippen LogP contribution is -1.98. The van der Waals surface area contributed by atoms with Crippen molar-refractivity contribution in [1.82, 2.24) is 0 Å². The van der Waals surface area contributed by atoms with Crippen LogP contribution in [0.4, 0.5) is 0 Å². The Morgan fingerprint density at radius 2 is 2.30 bits per heavy atom. The average molecular weight is 202 g/mol. The maximum Gasteiger partial charge on any atom is 0.0930 e. The van der Waals surface area contributed by atoms with Gasteiger partial charge in [0.2, 0.25) is 0 Å². The normalized spacial score (nSPS) is 9.80. The average Bonchev–Trinajstić information content (AvgIpc) is 1.88. The summed E-state index contributed by atoms with van der Waals surface area (Å²) < 4.78 is 1.04. The highest BCUT2D eigenvalue weighted by atomic mass is 79.9. The quantitative estimate of drug-likeness (QED) is 0.742. The van der Waals surface area contributed by atoms with E-state index in [2.05, 4.69) is 20.8 Å². The summed E-state index contributed by atoms with van der Waals surface area (Å²) in [6.45, 7) is 0.458. The Morgan fingerprint density at radius 1 is 1.50 bits per heavy atom. The van der Waals surface area contributed by atoms with E-state index in [1.165, 1.54) is 0 Å². The zero-order chi connectivity index (χ0) is 7.40. The van der Waals surface area contributed by atoms with Gasteiger partial charge in [0, 0.05) is 4.47 Å². The Bertz CT molecular complexity index is 215. The molecule has 1 aromatic carbocycles. The molecular formula is C7H8BrNO. The summed E-state index contributed by atoms with van der Waals surface area (Å²) in [5.74, 6) is 4.90. The fraction of sp³-hybridized carbons (Fsp3) is 0.143. The third kappa shape index (κ3) is 2.10. The number of benzene rings is 1. The Morgan fingerprint density at radius 3 is 2.90 bits per heavy atom. The lowest BCUT2D eigenvalue weighted by atomic mass is 10.2. The standard InChI is InChI=1S/C7H8BrNO/c8-7-3-1-2-6(4-7)5-10-9/h1-4H,5,9H2. The van der Waals surface area contributed by atoms with Crippen LogP contribution < -0.4 is 5.90 Å². The van der Waals surface area contributed by atoms with E-state index >= 15 is 0 Å². The molecule has 0 spiro atoms. The van der Waals surface area contributed by atoms with E-state index in [-0.39, 0.29) is 0 Å². The summed E-state index contributed by atoms with van der Waals surface area (Å²) in [5, 5.41) is 0. The molecule has 0 radical (unpaired) electrons. The molecule has 0 unspecified atom stereocenters. The van der Waals surface area contributed by atoms with Gasteiger partial charge in [0.05, 0.1) is 6.61 Å². The van der Waals surface area contributed by atoms with Crippen molar-refractivity contribution in [1.29, 1.82) is 0 Å². The topological polar surface area (TPSA) is 35.2 Å². The molecule has 54 valence electrons. The van der Waals surface area contributed by atoms with E-state index in [4.69, 9.17) is 5.90 Å². The maximum atomic E-state index is 4.90. The molecule has 2 nitrogen and oxygen atoms in total. The van der Waals surface area contributed by atoms with Gasteiger partial charge >= 0.3 is 0 Å². The highest BCUT2D eigenvalue weighted by Gasteiger charge is 1.90. The van der Waals surface area contributed by atoms with Crippen LogP contribution in [0.3, 0.4) is 0 Å². The van der Waals surface area contributed by atoms with Crippen molar-refractivity contribution in [2.45, 2.75) is 6.61 Å². The summed E-state index contributed by atoms with van der Waals surface area (Å²) in [6.07, 6.45) is 0. The van der Waals surface area contributed by atoms with E-state index < -0.39 is 0 Å². The number of hydrogen-bond donors (Lipinski definition) is 1. The summed E-state index contributed by atoms with van der Waals surface area (Å²) in [7, 11) is 0. The number of halogens is 1. The van der Waals surface area contributed by atoms with Gasteiger partial charge in [0.15, 0.2) is 0 Å². The van der Waals surface area contributed by atoms with E-state index in [1.807, 2.05) is 24.3 Å². The van der Waals surface area contributed by atoms with Gasteiger partial charge in [-0.2, -0.15) is 0 Å². The van der Waals surface area contributed by atoms with E-state index in [1.54, 1.807) is 0 Å². The summed E-state index contributed by atoms with van der Waals surface area (Å²) in [5.41, 5.74) is 1.07. The maximum absolute atomic E-state index is 4.90. The fourth-order valence-corrected chi connectivity index (χ4v) is 1.17. The monoisotopic (exact) mass is 201 g/mol. The molecule has 0 amide bonds. The van der Waals surface area contributed by atoms with Gasteiger partial charge in [0.25, 0.3) is 0 Å². The van der Waals surface area contributed by atoms with Crippen LogP contribution >= 0.6 is 15.9 Å². The Kier molecular flexibility index (Phi) is 2.86. The third-order valence-corrected chi connectivity index (χ3v) is 1.63. The van der Waals surface area contributed by atoms with Gasteiger partial charge in [-0.05, 0) is 17.7 Å². The molecule has 0 saturated heterocycles. The lowest BCUT2D eigenvalue weighted by molar-refractivity contribution is 0.124.